The number of hydrogen-bond acceptors (Lipinski definition) is 4. The van der Waals surface area contributed by atoms with Crippen molar-refractivity contribution in [3.05, 3.63) is 64.9 Å². The molecule has 0 fully saturated rings. The molecule has 0 aliphatic carbocycles. The third-order valence-electron chi connectivity index (χ3n) is 2.93. The van der Waals surface area contributed by atoms with E-state index in [1.165, 1.54) is 30.0 Å². The summed E-state index contributed by atoms with van der Waals surface area (Å²) in [7, 11) is 0. The third-order valence-corrected chi connectivity index (χ3v) is 4.17. The molecular weight excluding hydrogens is 367 g/mol. The van der Waals surface area contributed by atoms with E-state index in [-0.39, 0.29) is 17.4 Å². The van der Waals surface area contributed by atoms with Crippen LogP contribution in [0.2, 0.25) is 5.02 Å². The van der Waals surface area contributed by atoms with Crippen LogP contribution in [0, 0.1) is 5.82 Å². The predicted molar refractivity (Wildman–Crippen MR) is 95.8 cm³/mol. The zero-order valence-electron chi connectivity index (χ0n) is 13.1. The molecule has 0 aliphatic rings. The number of rotatable bonds is 7. The Morgan fingerprint density at radius 2 is 1.84 bits per heavy atom. The lowest BCUT2D eigenvalue weighted by atomic mass is 10.2. The Bertz CT molecular complexity index is 745. The molecule has 0 aromatic heterocycles. The molecule has 0 heterocycles. The van der Waals surface area contributed by atoms with Gasteiger partial charge >= 0.3 is 0 Å². The lowest BCUT2D eigenvalue weighted by Gasteiger charge is -2.09. The highest BCUT2D eigenvalue weighted by Crippen LogP contribution is 2.16. The highest BCUT2D eigenvalue weighted by atomic mass is 35.5. The molecule has 0 radical (unpaired) electrons. The molecule has 25 heavy (non-hydrogen) atoms. The number of hydrogen-bond donors (Lipinski definition) is 2. The standard InChI is InChI=1S/C17H16ClFN2O3S/c18-13-5-3-4-12(8-13)10-25-11-17(23)21-20-16(22)9-24-15-7-2-1-6-14(15)19/h1-8H,9-11H2,(H,20,22)(H,21,23). The van der Waals surface area contributed by atoms with E-state index in [0.717, 1.165) is 5.56 Å². The van der Waals surface area contributed by atoms with Gasteiger partial charge in [-0.25, -0.2) is 4.39 Å². The first-order valence-electron chi connectivity index (χ1n) is 7.32. The van der Waals surface area contributed by atoms with Crippen molar-refractivity contribution < 1.29 is 18.7 Å². The first-order chi connectivity index (χ1) is 12.0. The number of nitrogens with one attached hydrogen (secondary N) is 2. The fourth-order valence-corrected chi connectivity index (χ4v) is 2.79. The smallest absolute Gasteiger partial charge is 0.276 e. The van der Waals surface area contributed by atoms with E-state index in [1.54, 1.807) is 12.1 Å². The SMILES string of the molecule is O=C(COc1ccccc1F)NNC(=O)CSCc1cccc(Cl)c1. The number of para-hydroxylation sites is 1. The summed E-state index contributed by atoms with van der Waals surface area (Å²) in [6.45, 7) is -0.406. The number of carbonyl (C=O) groups excluding carboxylic acids is 2. The average Bonchev–Trinajstić information content (AvgIpc) is 2.59. The summed E-state index contributed by atoms with van der Waals surface area (Å²) < 4.78 is 18.3. The van der Waals surface area contributed by atoms with Gasteiger partial charge in [0.2, 0.25) is 5.91 Å². The molecule has 2 aromatic carbocycles. The van der Waals surface area contributed by atoms with Crippen molar-refractivity contribution >= 4 is 35.2 Å². The van der Waals surface area contributed by atoms with Crippen LogP contribution in [0.4, 0.5) is 4.39 Å². The largest absolute Gasteiger partial charge is 0.481 e. The van der Waals surface area contributed by atoms with Crippen LogP contribution in [0.5, 0.6) is 5.75 Å². The topological polar surface area (TPSA) is 67.4 Å². The Kier molecular flexibility index (Phi) is 7.56. The highest BCUT2D eigenvalue weighted by molar-refractivity contribution is 7.99. The van der Waals surface area contributed by atoms with E-state index in [2.05, 4.69) is 10.9 Å². The van der Waals surface area contributed by atoms with Gasteiger partial charge in [-0.05, 0) is 29.8 Å². The molecule has 0 aliphatic heterocycles. The van der Waals surface area contributed by atoms with Crippen LogP contribution in [-0.4, -0.2) is 24.2 Å². The fraction of sp³-hybridized carbons (Fsp3) is 0.176. The number of amides is 2. The molecule has 2 N–H and O–H groups in total. The molecule has 5 nitrogen and oxygen atoms in total. The summed E-state index contributed by atoms with van der Waals surface area (Å²) in [5.41, 5.74) is 5.49. The van der Waals surface area contributed by atoms with Crippen molar-refractivity contribution in [1.29, 1.82) is 0 Å². The molecule has 8 heteroatoms. The van der Waals surface area contributed by atoms with Crippen LogP contribution >= 0.6 is 23.4 Å². The molecule has 132 valence electrons. The van der Waals surface area contributed by atoms with Crippen molar-refractivity contribution in [3.63, 3.8) is 0 Å². The molecule has 2 rings (SSSR count). The summed E-state index contributed by atoms with van der Waals surface area (Å²) in [5.74, 6) is -0.736. The molecule has 0 atom stereocenters. The fourth-order valence-electron chi connectivity index (χ4n) is 1.81. The molecule has 0 unspecified atom stereocenters. The van der Waals surface area contributed by atoms with Crippen LogP contribution in [0.1, 0.15) is 5.56 Å². The van der Waals surface area contributed by atoms with Crippen LogP contribution in [-0.2, 0) is 15.3 Å². The molecule has 2 aromatic rings. The summed E-state index contributed by atoms with van der Waals surface area (Å²) >= 11 is 7.27. The quantitative estimate of drug-likeness (QED) is 0.722. The summed E-state index contributed by atoms with van der Waals surface area (Å²) in [6, 6.07) is 13.1. The third kappa shape index (κ3) is 7.03. The molecule has 0 saturated carbocycles. The van der Waals surface area contributed by atoms with Gasteiger partial charge < -0.3 is 4.74 Å². The van der Waals surface area contributed by atoms with E-state index >= 15 is 0 Å². The van der Waals surface area contributed by atoms with Gasteiger partial charge in [-0.1, -0.05) is 35.9 Å². The number of ether oxygens (including phenoxy) is 1. The predicted octanol–water partition coefficient (Wildman–Crippen LogP) is 2.94. The Balaban J connectivity index is 1.62. The number of hydrazine groups is 1. The second-order valence-electron chi connectivity index (χ2n) is 4.94. The minimum atomic E-state index is -0.587. The zero-order valence-corrected chi connectivity index (χ0v) is 14.7. The molecule has 0 saturated heterocycles. The first-order valence-corrected chi connectivity index (χ1v) is 8.85. The minimum absolute atomic E-state index is 0.0268. The number of thioether (sulfide) groups is 1. The Labute approximate surface area is 153 Å². The summed E-state index contributed by atoms with van der Waals surface area (Å²) in [6.07, 6.45) is 0. The van der Waals surface area contributed by atoms with Gasteiger partial charge in [0, 0.05) is 10.8 Å². The van der Waals surface area contributed by atoms with Gasteiger partial charge in [-0.15, -0.1) is 11.8 Å². The van der Waals surface area contributed by atoms with E-state index in [9.17, 15) is 14.0 Å². The maximum absolute atomic E-state index is 13.3. The van der Waals surface area contributed by atoms with Gasteiger partial charge in [0.25, 0.3) is 5.91 Å². The van der Waals surface area contributed by atoms with Gasteiger partial charge in [0.15, 0.2) is 18.2 Å². The first kappa shape index (κ1) is 19.1. The minimum Gasteiger partial charge on any atom is -0.481 e. The Hall–Kier alpha value is -2.25. The number of halogens is 2. The van der Waals surface area contributed by atoms with Crippen molar-refractivity contribution in [2.75, 3.05) is 12.4 Å². The van der Waals surface area contributed by atoms with Gasteiger partial charge in [-0.2, -0.15) is 0 Å². The van der Waals surface area contributed by atoms with E-state index in [4.69, 9.17) is 16.3 Å². The van der Waals surface area contributed by atoms with Gasteiger partial charge in [-0.3, -0.25) is 20.4 Å². The van der Waals surface area contributed by atoms with E-state index in [0.29, 0.717) is 10.8 Å². The average molecular weight is 383 g/mol. The lowest BCUT2D eigenvalue weighted by molar-refractivity contribution is -0.128. The van der Waals surface area contributed by atoms with Crippen molar-refractivity contribution in [3.8, 4) is 5.75 Å². The maximum Gasteiger partial charge on any atom is 0.276 e. The number of benzene rings is 2. The van der Waals surface area contributed by atoms with E-state index in [1.807, 2.05) is 18.2 Å². The second kappa shape index (κ2) is 9.90. The van der Waals surface area contributed by atoms with Gasteiger partial charge in [0.05, 0.1) is 5.75 Å². The summed E-state index contributed by atoms with van der Waals surface area (Å²) in [4.78, 5) is 23.2. The normalized spacial score (nSPS) is 10.2. The monoisotopic (exact) mass is 382 g/mol. The van der Waals surface area contributed by atoms with Crippen molar-refractivity contribution in [2.24, 2.45) is 0 Å². The van der Waals surface area contributed by atoms with Crippen molar-refractivity contribution in [1.82, 2.24) is 10.9 Å². The zero-order chi connectivity index (χ0) is 18.1. The molecular formula is C17H16ClFN2O3S. The van der Waals surface area contributed by atoms with Crippen LogP contribution in [0.3, 0.4) is 0 Å². The maximum atomic E-state index is 13.3. The van der Waals surface area contributed by atoms with E-state index < -0.39 is 18.3 Å². The van der Waals surface area contributed by atoms with Crippen molar-refractivity contribution in [2.45, 2.75) is 5.75 Å². The molecule has 2 amide bonds. The number of carbonyl (C=O) groups is 2. The summed E-state index contributed by atoms with van der Waals surface area (Å²) in [5, 5.41) is 0.643. The highest BCUT2D eigenvalue weighted by Gasteiger charge is 2.08. The van der Waals surface area contributed by atoms with Gasteiger partial charge in [0.1, 0.15) is 0 Å². The molecule has 0 bridgehead atoms. The van der Waals surface area contributed by atoms with Crippen LogP contribution in [0.25, 0.3) is 0 Å². The second-order valence-corrected chi connectivity index (χ2v) is 6.36. The van der Waals surface area contributed by atoms with Crippen LogP contribution in [0.15, 0.2) is 48.5 Å². The molecule has 0 spiro atoms. The Morgan fingerprint density at radius 1 is 1.08 bits per heavy atom. The lowest BCUT2D eigenvalue weighted by Crippen LogP contribution is -2.44. The van der Waals surface area contributed by atoms with Crippen LogP contribution < -0.4 is 15.6 Å². The Morgan fingerprint density at radius 3 is 2.60 bits per heavy atom.